The maximum Gasteiger partial charge on any atom is 0.253 e. The number of rotatable bonds is 11. The predicted octanol–water partition coefficient (Wildman–Crippen LogP) is 4.27. The van der Waals surface area contributed by atoms with Crippen LogP contribution in [0.2, 0.25) is 0 Å². The first-order chi connectivity index (χ1) is 15.1. The number of nitrogens with zero attached hydrogens (tertiary/aromatic N) is 1. The minimum atomic E-state index is 0. The number of ether oxygens (including phenoxy) is 3. The van der Waals surface area contributed by atoms with Crippen molar-refractivity contribution in [1.82, 2.24) is 4.90 Å². The van der Waals surface area contributed by atoms with E-state index in [4.69, 9.17) is 25.4 Å². The molecule has 1 heterocycles. The van der Waals surface area contributed by atoms with E-state index in [1.807, 2.05) is 29.2 Å². The van der Waals surface area contributed by atoms with Crippen LogP contribution in [0.5, 0.6) is 17.2 Å². The Balaban J connectivity index is 0.00000363. The standard InChI is InChI=1S/C24H31N3O4.ClH/c1-29-22-17-19(24(28)27-13-3-4-14-27)9-12-21(22)31-16-6-2-5-15-30-20-10-7-18(8-11-20)23(25)26;/h7-12,17H,2-6,13-16H2,1H3,(H3,25,26);1H. The first kappa shape index (κ1) is 25.3. The maximum absolute atomic E-state index is 12.5. The molecule has 3 rings (SSSR count). The van der Waals surface area contributed by atoms with Gasteiger partial charge in [0.05, 0.1) is 20.3 Å². The summed E-state index contributed by atoms with van der Waals surface area (Å²) < 4.78 is 17.0. The van der Waals surface area contributed by atoms with Crippen molar-refractivity contribution in [1.29, 1.82) is 5.41 Å². The number of halogens is 1. The summed E-state index contributed by atoms with van der Waals surface area (Å²) in [6.07, 6.45) is 4.92. The van der Waals surface area contributed by atoms with Gasteiger partial charge in [-0.1, -0.05) is 0 Å². The topological polar surface area (TPSA) is 97.9 Å². The first-order valence-corrected chi connectivity index (χ1v) is 10.8. The molecular formula is C24H32ClN3O4. The number of likely N-dealkylation sites (tertiary alicyclic amines) is 1. The van der Waals surface area contributed by atoms with Crippen molar-refractivity contribution in [3.8, 4) is 17.2 Å². The molecule has 0 spiro atoms. The molecule has 2 aromatic carbocycles. The van der Waals surface area contributed by atoms with Gasteiger partial charge in [-0.25, -0.2) is 0 Å². The Morgan fingerprint density at radius 3 is 2.19 bits per heavy atom. The summed E-state index contributed by atoms with van der Waals surface area (Å²) >= 11 is 0. The smallest absolute Gasteiger partial charge is 0.253 e. The van der Waals surface area contributed by atoms with E-state index in [1.165, 1.54) is 0 Å². The molecule has 7 nitrogen and oxygen atoms in total. The van der Waals surface area contributed by atoms with Crippen LogP contribution in [0.3, 0.4) is 0 Å². The van der Waals surface area contributed by atoms with Gasteiger partial charge in [0.2, 0.25) is 0 Å². The lowest BCUT2D eigenvalue weighted by molar-refractivity contribution is 0.0792. The molecule has 0 radical (unpaired) electrons. The van der Waals surface area contributed by atoms with Crippen LogP contribution >= 0.6 is 12.4 Å². The molecule has 1 aliphatic heterocycles. The number of methoxy groups -OCH3 is 1. The van der Waals surface area contributed by atoms with Gasteiger partial charge in [0.1, 0.15) is 11.6 Å². The average molecular weight is 462 g/mol. The predicted molar refractivity (Wildman–Crippen MR) is 128 cm³/mol. The van der Waals surface area contributed by atoms with Crippen LogP contribution in [0, 0.1) is 5.41 Å². The highest BCUT2D eigenvalue weighted by atomic mass is 35.5. The fourth-order valence-corrected chi connectivity index (χ4v) is 3.51. The van der Waals surface area contributed by atoms with Crippen LogP contribution in [-0.4, -0.2) is 50.1 Å². The zero-order valence-electron chi connectivity index (χ0n) is 18.5. The molecule has 0 aromatic heterocycles. The first-order valence-electron chi connectivity index (χ1n) is 10.8. The zero-order chi connectivity index (χ0) is 22.1. The van der Waals surface area contributed by atoms with Crippen molar-refractivity contribution in [2.45, 2.75) is 32.1 Å². The molecule has 0 atom stereocenters. The van der Waals surface area contributed by atoms with Crippen LogP contribution in [0.1, 0.15) is 48.0 Å². The molecule has 0 bridgehead atoms. The van der Waals surface area contributed by atoms with Gasteiger partial charge in [-0.15, -0.1) is 12.4 Å². The number of nitrogens with two attached hydrogens (primary N) is 1. The van der Waals surface area contributed by atoms with Crippen molar-refractivity contribution in [2.24, 2.45) is 5.73 Å². The van der Waals surface area contributed by atoms with Crippen LogP contribution in [0.15, 0.2) is 42.5 Å². The lowest BCUT2D eigenvalue weighted by atomic mass is 10.1. The summed E-state index contributed by atoms with van der Waals surface area (Å²) in [5, 5.41) is 7.39. The van der Waals surface area contributed by atoms with Crippen molar-refractivity contribution in [2.75, 3.05) is 33.4 Å². The van der Waals surface area contributed by atoms with Gasteiger partial charge in [-0.3, -0.25) is 10.2 Å². The normalized spacial score (nSPS) is 12.7. The van der Waals surface area contributed by atoms with Gasteiger partial charge in [0.15, 0.2) is 11.5 Å². The van der Waals surface area contributed by atoms with E-state index in [-0.39, 0.29) is 24.1 Å². The molecule has 8 heteroatoms. The number of carbonyl (C=O) groups is 1. The van der Waals surface area contributed by atoms with Gasteiger partial charge >= 0.3 is 0 Å². The van der Waals surface area contributed by atoms with Crippen molar-refractivity contribution in [3.63, 3.8) is 0 Å². The molecule has 0 aliphatic carbocycles. The molecule has 1 saturated heterocycles. The molecule has 1 amide bonds. The second kappa shape index (κ2) is 12.8. The van der Waals surface area contributed by atoms with Gasteiger partial charge in [0.25, 0.3) is 5.91 Å². The molecule has 1 aliphatic rings. The summed E-state index contributed by atoms with van der Waals surface area (Å²) in [6, 6.07) is 12.6. The van der Waals surface area contributed by atoms with Crippen LogP contribution < -0.4 is 19.9 Å². The van der Waals surface area contributed by atoms with E-state index in [2.05, 4.69) is 0 Å². The van der Waals surface area contributed by atoms with E-state index >= 15 is 0 Å². The van der Waals surface area contributed by atoms with Crippen molar-refractivity contribution < 1.29 is 19.0 Å². The third-order valence-electron chi connectivity index (χ3n) is 5.28. The minimum Gasteiger partial charge on any atom is -0.494 e. The number of nitrogens with one attached hydrogen (secondary N) is 1. The van der Waals surface area contributed by atoms with Gasteiger partial charge in [-0.05, 0) is 74.6 Å². The Hall–Kier alpha value is -2.93. The molecule has 174 valence electrons. The van der Waals surface area contributed by atoms with Crippen LogP contribution in [0.25, 0.3) is 0 Å². The third-order valence-corrected chi connectivity index (χ3v) is 5.28. The maximum atomic E-state index is 12.5. The monoisotopic (exact) mass is 461 g/mol. The van der Waals surface area contributed by atoms with Gasteiger partial charge in [-0.2, -0.15) is 0 Å². The lowest BCUT2D eigenvalue weighted by Gasteiger charge is -2.17. The lowest BCUT2D eigenvalue weighted by Crippen LogP contribution is -2.27. The van der Waals surface area contributed by atoms with Gasteiger partial charge in [0, 0.05) is 24.2 Å². The highest BCUT2D eigenvalue weighted by Crippen LogP contribution is 2.29. The SMILES string of the molecule is COc1cc(C(=O)N2CCCC2)ccc1OCCCCCOc1ccc(C(=N)N)cc1.Cl. The number of amidine groups is 1. The Morgan fingerprint density at radius 1 is 0.938 bits per heavy atom. The minimum absolute atomic E-state index is 0. The summed E-state index contributed by atoms with van der Waals surface area (Å²) in [6.45, 7) is 2.85. The summed E-state index contributed by atoms with van der Waals surface area (Å²) in [7, 11) is 1.59. The number of hydrogen-bond acceptors (Lipinski definition) is 5. The third kappa shape index (κ3) is 7.05. The largest absolute Gasteiger partial charge is 0.494 e. The van der Waals surface area contributed by atoms with E-state index < -0.39 is 0 Å². The summed E-state index contributed by atoms with van der Waals surface area (Å²) in [4.78, 5) is 14.4. The number of unbranched alkanes of at least 4 members (excludes halogenated alkanes) is 2. The number of benzene rings is 2. The number of hydrogen-bond donors (Lipinski definition) is 2. The summed E-state index contributed by atoms with van der Waals surface area (Å²) in [5.74, 6) is 2.12. The van der Waals surface area contributed by atoms with Crippen LogP contribution in [-0.2, 0) is 0 Å². The molecule has 3 N–H and O–H groups in total. The van der Waals surface area contributed by atoms with Crippen molar-refractivity contribution >= 4 is 24.1 Å². The molecule has 32 heavy (non-hydrogen) atoms. The van der Waals surface area contributed by atoms with E-state index in [0.717, 1.165) is 50.9 Å². The molecule has 0 unspecified atom stereocenters. The van der Waals surface area contributed by atoms with Gasteiger partial charge < -0.3 is 24.8 Å². The average Bonchev–Trinajstić information content (AvgIpc) is 3.33. The Kier molecular flexibility index (Phi) is 10.1. The fraction of sp³-hybridized carbons (Fsp3) is 0.417. The Bertz CT molecular complexity index is 883. The summed E-state index contributed by atoms with van der Waals surface area (Å²) in [5.41, 5.74) is 6.77. The molecule has 1 fully saturated rings. The number of carbonyl (C=O) groups excluding carboxylic acids is 1. The molecular weight excluding hydrogens is 430 g/mol. The highest BCUT2D eigenvalue weighted by Gasteiger charge is 2.20. The van der Waals surface area contributed by atoms with Crippen molar-refractivity contribution in [3.05, 3.63) is 53.6 Å². The highest BCUT2D eigenvalue weighted by molar-refractivity contribution is 5.95. The molecule has 2 aromatic rings. The number of amides is 1. The Morgan fingerprint density at radius 2 is 1.56 bits per heavy atom. The van der Waals surface area contributed by atoms with Crippen LogP contribution in [0.4, 0.5) is 0 Å². The van der Waals surface area contributed by atoms with E-state index in [9.17, 15) is 4.79 Å². The van der Waals surface area contributed by atoms with E-state index in [0.29, 0.717) is 35.8 Å². The second-order valence-corrected chi connectivity index (χ2v) is 7.56. The quantitative estimate of drug-likeness (QED) is 0.296. The number of nitrogen functional groups attached to an aromatic ring is 1. The second-order valence-electron chi connectivity index (χ2n) is 7.56. The van der Waals surface area contributed by atoms with E-state index in [1.54, 1.807) is 25.3 Å². The fourth-order valence-electron chi connectivity index (χ4n) is 3.51. The Labute approximate surface area is 195 Å². The zero-order valence-corrected chi connectivity index (χ0v) is 19.3. The molecule has 0 saturated carbocycles.